The summed E-state index contributed by atoms with van der Waals surface area (Å²) in [5.74, 6) is 6.69. The van der Waals surface area contributed by atoms with Crippen LogP contribution in [0.25, 0.3) is 5.57 Å². The van der Waals surface area contributed by atoms with Crippen molar-refractivity contribution in [3.05, 3.63) is 102 Å². The van der Waals surface area contributed by atoms with E-state index in [4.69, 9.17) is 0 Å². The van der Waals surface area contributed by atoms with Crippen LogP contribution in [-0.4, -0.2) is 0 Å². The lowest BCUT2D eigenvalue weighted by Gasteiger charge is -2.13. The highest BCUT2D eigenvalue weighted by atomic mass is 14.1. The maximum absolute atomic E-state index is 4.10. The summed E-state index contributed by atoms with van der Waals surface area (Å²) >= 11 is 0. The minimum Gasteiger partial charge on any atom is -0.0998 e. The molecule has 2 aromatic rings. The second-order valence-electron chi connectivity index (χ2n) is 6.21. The molecule has 0 aliphatic rings. The number of rotatable bonds is 5. The zero-order valence-electron chi connectivity index (χ0n) is 14.6. The summed E-state index contributed by atoms with van der Waals surface area (Å²) in [6.45, 7) is 12.3. The molecule has 0 amide bonds. The van der Waals surface area contributed by atoms with Gasteiger partial charge in [-0.25, -0.2) is 0 Å². The van der Waals surface area contributed by atoms with Crippen LogP contribution >= 0.6 is 0 Å². The van der Waals surface area contributed by atoms with Crippen molar-refractivity contribution in [1.82, 2.24) is 0 Å². The molecule has 0 saturated heterocycles. The van der Waals surface area contributed by atoms with Crippen molar-refractivity contribution in [2.75, 3.05) is 0 Å². The van der Waals surface area contributed by atoms with Gasteiger partial charge in [0, 0.05) is 17.6 Å². The molecule has 2 rings (SSSR count). The first kappa shape index (κ1) is 17.6. The maximum Gasteiger partial charge on any atom is 0.0248 e. The summed E-state index contributed by atoms with van der Waals surface area (Å²) in [6, 6.07) is 20.5. The molecule has 0 nitrogen and oxygen atoms in total. The molecule has 0 unspecified atom stereocenters. The summed E-state index contributed by atoms with van der Waals surface area (Å²) in [4.78, 5) is 0. The molecule has 2 aromatic carbocycles. The van der Waals surface area contributed by atoms with Crippen molar-refractivity contribution in [1.29, 1.82) is 0 Å². The van der Waals surface area contributed by atoms with Gasteiger partial charge in [0.05, 0.1) is 0 Å². The van der Waals surface area contributed by atoms with Gasteiger partial charge in [0.2, 0.25) is 0 Å². The summed E-state index contributed by atoms with van der Waals surface area (Å²) in [7, 11) is 0. The van der Waals surface area contributed by atoms with E-state index in [9.17, 15) is 0 Å². The summed E-state index contributed by atoms with van der Waals surface area (Å²) in [6.07, 6.45) is 1.62. The van der Waals surface area contributed by atoms with Crippen LogP contribution in [-0.2, 0) is 0 Å². The first-order valence-electron chi connectivity index (χ1n) is 8.19. The van der Waals surface area contributed by atoms with Gasteiger partial charge < -0.3 is 0 Å². The topological polar surface area (TPSA) is 0 Å². The molecule has 0 saturated carbocycles. The molecule has 0 aliphatic heterocycles. The standard InChI is InChI=1S/C24H24/c1-19(2)17-23(16-15-21-11-7-5-8-12-21)24(18-20(3)4)22-13-9-6-10-14-22/h5-14H,1,3,17-18H2,2,4H3. The smallest absolute Gasteiger partial charge is 0.0248 e. The average molecular weight is 312 g/mol. The van der Waals surface area contributed by atoms with Gasteiger partial charge >= 0.3 is 0 Å². The monoisotopic (exact) mass is 312 g/mol. The summed E-state index contributed by atoms with van der Waals surface area (Å²) in [5.41, 5.74) is 6.85. The molecule has 0 atom stereocenters. The molecule has 0 bridgehead atoms. The number of hydrogen-bond donors (Lipinski definition) is 0. The summed E-state index contributed by atoms with van der Waals surface area (Å²) < 4.78 is 0. The van der Waals surface area contributed by atoms with Crippen molar-refractivity contribution in [2.24, 2.45) is 0 Å². The molecule has 0 radical (unpaired) electrons. The number of hydrogen-bond acceptors (Lipinski definition) is 0. The third-order valence-corrected chi connectivity index (χ3v) is 3.58. The van der Waals surface area contributed by atoms with Gasteiger partial charge in [-0.1, -0.05) is 84.7 Å². The van der Waals surface area contributed by atoms with Gasteiger partial charge in [0.25, 0.3) is 0 Å². The van der Waals surface area contributed by atoms with Crippen LogP contribution in [0.2, 0.25) is 0 Å². The van der Waals surface area contributed by atoms with E-state index in [2.05, 4.69) is 56.2 Å². The molecular formula is C24H24. The Bertz CT molecular complexity index is 793. The van der Waals surface area contributed by atoms with Gasteiger partial charge in [0.1, 0.15) is 0 Å². The lowest BCUT2D eigenvalue weighted by atomic mass is 9.91. The number of benzene rings is 2. The molecule has 0 aliphatic carbocycles. The number of allylic oxidation sites excluding steroid dienone is 4. The third-order valence-electron chi connectivity index (χ3n) is 3.58. The van der Waals surface area contributed by atoms with Gasteiger partial charge in [0.15, 0.2) is 0 Å². The van der Waals surface area contributed by atoms with E-state index in [0.717, 1.165) is 35.1 Å². The van der Waals surface area contributed by atoms with E-state index < -0.39 is 0 Å². The highest BCUT2D eigenvalue weighted by Crippen LogP contribution is 2.28. The van der Waals surface area contributed by atoms with E-state index in [1.54, 1.807) is 0 Å². The Morgan fingerprint density at radius 1 is 0.792 bits per heavy atom. The van der Waals surface area contributed by atoms with E-state index in [1.165, 1.54) is 11.1 Å². The van der Waals surface area contributed by atoms with Crippen LogP contribution in [0.3, 0.4) is 0 Å². The molecule has 0 fully saturated rings. The van der Waals surface area contributed by atoms with E-state index in [-0.39, 0.29) is 0 Å². The average Bonchev–Trinajstić information content (AvgIpc) is 2.58. The Morgan fingerprint density at radius 3 is 1.88 bits per heavy atom. The normalized spacial score (nSPS) is 11.1. The van der Waals surface area contributed by atoms with E-state index >= 15 is 0 Å². The SMILES string of the molecule is C=C(C)CC(C#Cc1ccccc1)=C(CC(=C)C)c1ccccc1. The molecule has 0 N–H and O–H groups in total. The molecular weight excluding hydrogens is 288 g/mol. The first-order chi connectivity index (χ1) is 11.6. The van der Waals surface area contributed by atoms with E-state index in [0.29, 0.717) is 0 Å². The fourth-order valence-electron chi connectivity index (χ4n) is 2.52. The van der Waals surface area contributed by atoms with Crippen molar-refractivity contribution in [3.63, 3.8) is 0 Å². The largest absolute Gasteiger partial charge is 0.0998 e. The second-order valence-corrected chi connectivity index (χ2v) is 6.21. The molecule has 120 valence electrons. The fourth-order valence-corrected chi connectivity index (χ4v) is 2.52. The minimum atomic E-state index is 0.789. The van der Waals surface area contributed by atoms with Crippen molar-refractivity contribution in [3.8, 4) is 11.8 Å². The Labute approximate surface area is 146 Å². The lowest BCUT2D eigenvalue weighted by Crippen LogP contribution is -1.94. The molecule has 0 aromatic heterocycles. The zero-order chi connectivity index (χ0) is 17.4. The molecule has 0 heterocycles. The van der Waals surface area contributed by atoms with Gasteiger partial charge in [-0.15, -0.1) is 0 Å². The van der Waals surface area contributed by atoms with Gasteiger partial charge in [-0.3, -0.25) is 0 Å². The predicted molar refractivity (Wildman–Crippen MR) is 106 cm³/mol. The maximum atomic E-state index is 4.10. The highest BCUT2D eigenvalue weighted by molar-refractivity contribution is 5.74. The Hall–Kier alpha value is -2.78. The highest BCUT2D eigenvalue weighted by Gasteiger charge is 2.09. The molecule has 0 heteroatoms. The zero-order valence-corrected chi connectivity index (χ0v) is 14.6. The predicted octanol–water partition coefficient (Wildman–Crippen LogP) is 6.42. The van der Waals surface area contributed by atoms with E-state index in [1.807, 2.05) is 43.3 Å². The van der Waals surface area contributed by atoms with Crippen molar-refractivity contribution >= 4 is 5.57 Å². The Kier molecular flexibility index (Phi) is 6.41. The fraction of sp³-hybridized carbons (Fsp3) is 0.167. The quantitative estimate of drug-likeness (QED) is 0.441. The molecule has 0 spiro atoms. The third kappa shape index (κ3) is 5.45. The van der Waals surface area contributed by atoms with Crippen LogP contribution < -0.4 is 0 Å². The van der Waals surface area contributed by atoms with Crippen molar-refractivity contribution < 1.29 is 0 Å². The molecule has 24 heavy (non-hydrogen) atoms. The second kappa shape index (κ2) is 8.75. The van der Waals surface area contributed by atoms with Crippen LogP contribution in [0.5, 0.6) is 0 Å². The van der Waals surface area contributed by atoms with Crippen LogP contribution in [0, 0.1) is 11.8 Å². The van der Waals surface area contributed by atoms with Crippen LogP contribution in [0.1, 0.15) is 37.8 Å². The van der Waals surface area contributed by atoms with Gasteiger partial charge in [-0.2, -0.15) is 0 Å². The minimum absolute atomic E-state index is 0.789. The lowest BCUT2D eigenvalue weighted by molar-refractivity contribution is 1.14. The van der Waals surface area contributed by atoms with Crippen molar-refractivity contribution in [2.45, 2.75) is 26.7 Å². The van der Waals surface area contributed by atoms with Crippen LogP contribution in [0.4, 0.5) is 0 Å². The summed E-state index contributed by atoms with van der Waals surface area (Å²) in [5, 5.41) is 0. The van der Waals surface area contributed by atoms with Crippen LogP contribution in [0.15, 0.2) is 90.5 Å². The first-order valence-corrected chi connectivity index (χ1v) is 8.19. The Balaban J connectivity index is 2.54. The van der Waals surface area contributed by atoms with Gasteiger partial charge in [-0.05, 0) is 43.5 Å². The Morgan fingerprint density at radius 2 is 1.33 bits per heavy atom.